The predicted octanol–water partition coefficient (Wildman–Crippen LogP) is 1.63. The van der Waals surface area contributed by atoms with Gasteiger partial charge in [-0.3, -0.25) is 4.90 Å². The number of rotatable bonds is 5. The van der Waals surface area contributed by atoms with Gasteiger partial charge in [0.1, 0.15) is 5.75 Å². The Hall–Kier alpha value is -1.99. The number of methoxy groups -OCH3 is 1. The fourth-order valence-electron chi connectivity index (χ4n) is 3.00. The number of tetrazole rings is 1. The van der Waals surface area contributed by atoms with Gasteiger partial charge in [0.25, 0.3) is 0 Å². The van der Waals surface area contributed by atoms with Crippen LogP contribution < -0.4 is 4.74 Å². The van der Waals surface area contributed by atoms with E-state index in [0.29, 0.717) is 0 Å². The van der Waals surface area contributed by atoms with Gasteiger partial charge in [0.05, 0.1) is 31.5 Å². The molecule has 0 aliphatic carbocycles. The molecule has 23 heavy (non-hydrogen) atoms. The van der Waals surface area contributed by atoms with E-state index < -0.39 is 0 Å². The zero-order valence-corrected chi connectivity index (χ0v) is 13.9. The Morgan fingerprint density at radius 2 is 1.91 bits per heavy atom. The molecule has 2 heterocycles. The molecule has 1 aromatic carbocycles. The maximum Gasteiger partial charge on any atom is 0.176 e. The van der Waals surface area contributed by atoms with Gasteiger partial charge >= 0.3 is 0 Å². The second-order valence-electron chi connectivity index (χ2n) is 5.84. The molecule has 1 fully saturated rings. The first-order valence-electron chi connectivity index (χ1n) is 7.95. The molecule has 7 nitrogen and oxygen atoms in total. The molecule has 0 radical (unpaired) electrons. The molecule has 124 valence electrons. The number of hydrogen-bond acceptors (Lipinski definition) is 6. The highest BCUT2D eigenvalue weighted by molar-refractivity contribution is 5.37. The predicted molar refractivity (Wildman–Crippen MR) is 85.7 cm³/mol. The summed E-state index contributed by atoms with van der Waals surface area (Å²) in [6.45, 7) is 7.64. The lowest BCUT2D eigenvalue weighted by molar-refractivity contribution is -0.0240. The van der Waals surface area contributed by atoms with Crippen molar-refractivity contribution < 1.29 is 9.47 Å². The molecule has 1 aliphatic rings. The molecule has 0 amide bonds. The van der Waals surface area contributed by atoms with Crippen LogP contribution in [0.2, 0.25) is 0 Å². The molecule has 0 N–H and O–H groups in total. The van der Waals surface area contributed by atoms with Gasteiger partial charge in [-0.15, -0.1) is 5.10 Å². The smallest absolute Gasteiger partial charge is 0.176 e. The normalized spacial score (nSPS) is 18.6. The number of morpholine rings is 1. The van der Waals surface area contributed by atoms with E-state index >= 15 is 0 Å². The van der Waals surface area contributed by atoms with Crippen molar-refractivity contribution in [3.63, 3.8) is 0 Å². The van der Waals surface area contributed by atoms with E-state index in [1.165, 1.54) is 0 Å². The van der Waals surface area contributed by atoms with E-state index in [2.05, 4.69) is 34.3 Å². The Labute approximate surface area is 136 Å². The van der Waals surface area contributed by atoms with Crippen LogP contribution in [0.1, 0.15) is 26.1 Å². The molecule has 3 rings (SSSR count). The van der Waals surface area contributed by atoms with Gasteiger partial charge in [-0.1, -0.05) is 6.92 Å². The molecule has 0 unspecified atom stereocenters. The maximum atomic E-state index is 5.48. The van der Waals surface area contributed by atoms with E-state index in [-0.39, 0.29) is 5.54 Å². The molecular weight excluding hydrogens is 294 g/mol. The highest BCUT2D eigenvalue weighted by Gasteiger charge is 2.38. The van der Waals surface area contributed by atoms with Crippen LogP contribution in [0.25, 0.3) is 5.69 Å². The largest absolute Gasteiger partial charge is 0.497 e. The van der Waals surface area contributed by atoms with Gasteiger partial charge in [0.2, 0.25) is 0 Å². The molecular formula is C16H23N5O2. The second kappa shape index (κ2) is 6.64. The van der Waals surface area contributed by atoms with Gasteiger partial charge in [-0.05, 0) is 48.0 Å². The molecule has 7 heteroatoms. The Kier molecular flexibility index (Phi) is 4.58. The summed E-state index contributed by atoms with van der Waals surface area (Å²) in [6.07, 6.45) is 0.920. The Balaban J connectivity index is 1.97. The lowest BCUT2D eigenvalue weighted by Crippen LogP contribution is -2.50. The van der Waals surface area contributed by atoms with E-state index in [4.69, 9.17) is 9.47 Å². The Morgan fingerprint density at radius 1 is 1.22 bits per heavy atom. The fourth-order valence-corrected chi connectivity index (χ4v) is 3.00. The van der Waals surface area contributed by atoms with Crippen molar-refractivity contribution in [3.05, 3.63) is 30.1 Å². The highest BCUT2D eigenvalue weighted by Crippen LogP contribution is 2.32. The summed E-state index contributed by atoms with van der Waals surface area (Å²) >= 11 is 0. The van der Waals surface area contributed by atoms with Crippen LogP contribution in [0.4, 0.5) is 0 Å². The van der Waals surface area contributed by atoms with Crippen molar-refractivity contribution >= 4 is 0 Å². The van der Waals surface area contributed by atoms with Crippen LogP contribution >= 0.6 is 0 Å². The van der Waals surface area contributed by atoms with Crippen molar-refractivity contribution in [1.82, 2.24) is 25.1 Å². The summed E-state index contributed by atoms with van der Waals surface area (Å²) in [4.78, 5) is 2.40. The number of ether oxygens (including phenoxy) is 2. The van der Waals surface area contributed by atoms with Gasteiger partial charge in [0, 0.05) is 13.1 Å². The van der Waals surface area contributed by atoms with E-state index in [9.17, 15) is 0 Å². The zero-order chi connectivity index (χ0) is 16.3. The van der Waals surface area contributed by atoms with Gasteiger partial charge < -0.3 is 9.47 Å². The molecule has 1 saturated heterocycles. The number of hydrogen-bond donors (Lipinski definition) is 0. The minimum Gasteiger partial charge on any atom is -0.497 e. The SMILES string of the molecule is CC[C@@](C)(c1nnnn1-c1ccc(OC)cc1)N1CCOCC1. The van der Waals surface area contributed by atoms with Crippen LogP contribution in [-0.4, -0.2) is 58.5 Å². The van der Waals surface area contributed by atoms with Crippen molar-refractivity contribution in [3.8, 4) is 11.4 Å². The minimum atomic E-state index is -0.229. The monoisotopic (exact) mass is 317 g/mol. The van der Waals surface area contributed by atoms with Crippen LogP contribution in [0.15, 0.2) is 24.3 Å². The van der Waals surface area contributed by atoms with E-state index in [1.54, 1.807) is 7.11 Å². The Morgan fingerprint density at radius 3 is 2.52 bits per heavy atom. The first kappa shape index (κ1) is 15.9. The standard InChI is InChI=1S/C16H23N5O2/c1-4-16(2,20-9-11-23-12-10-20)15-17-18-19-21(15)13-5-7-14(22-3)8-6-13/h5-8H,4,9-12H2,1-3H3/t16-/m0/s1. The lowest BCUT2D eigenvalue weighted by Gasteiger charge is -2.41. The molecule has 0 saturated carbocycles. The molecule has 1 aromatic heterocycles. The average Bonchev–Trinajstić information content (AvgIpc) is 3.12. The summed E-state index contributed by atoms with van der Waals surface area (Å²) in [7, 11) is 1.66. The van der Waals surface area contributed by atoms with E-state index in [0.717, 1.165) is 50.0 Å². The second-order valence-corrected chi connectivity index (χ2v) is 5.84. The van der Waals surface area contributed by atoms with Crippen LogP contribution in [0.3, 0.4) is 0 Å². The van der Waals surface area contributed by atoms with Crippen molar-refractivity contribution in [2.45, 2.75) is 25.8 Å². The van der Waals surface area contributed by atoms with Crippen LogP contribution in [-0.2, 0) is 10.3 Å². The minimum absolute atomic E-state index is 0.229. The zero-order valence-electron chi connectivity index (χ0n) is 13.9. The summed E-state index contributed by atoms with van der Waals surface area (Å²) < 4.78 is 12.5. The third-order valence-corrected chi connectivity index (χ3v) is 4.67. The lowest BCUT2D eigenvalue weighted by atomic mass is 9.94. The average molecular weight is 317 g/mol. The highest BCUT2D eigenvalue weighted by atomic mass is 16.5. The number of benzene rings is 1. The summed E-state index contributed by atoms with van der Waals surface area (Å²) in [5.41, 5.74) is 0.700. The molecule has 0 bridgehead atoms. The third-order valence-electron chi connectivity index (χ3n) is 4.67. The maximum absolute atomic E-state index is 5.48. The molecule has 2 aromatic rings. The molecule has 1 atom stereocenters. The third kappa shape index (κ3) is 2.94. The van der Waals surface area contributed by atoms with Crippen molar-refractivity contribution in [2.75, 3.05) is 33.4 Å². The van der Waals surface area contributed by atoms with Crippen LogP contribution in [0.5, 0.6) is 5.75 Å². The van der Waals surface area contributed by atoms with Crippen LogP contribution in [0, 0.1) is 0 Å². The summed E-state index contributed by atoms with van der Waals surface area (Å²) in [5.74, 6) is 1.67. The van der Waals surface area contributed by atoms with Gasteiger partial charge in [0.15, 0.2) is 5.82 Å². The number of nitrogens with zero attached hydrogens (tertiary/aromatic N) is 5. The molecule has 1 aliphatic heterocycles. The van der Waals surface area contributed by atoms with Crippen molar-refractivity contribution in [1.29, 1.82) is 0 Å². The number of aromatic nitrogens is 4. The first-order chi connectivity index (χ1) is 11.2. The summed E-state index contributed by atoms with van der Waals surface area (Å²) in [5, 5.41) is 12.5. The topological polar surface area (TPSA) is 65.3 Å². The first-order valence-corrected chi connectivity index (χ1v) is 7.95. The van der Waals surface area contributed by atoms with Crippen molar-refractivity contribution in [2.24, 2.45) is 0 Å². The fraction of sp³-hybridized carbons (Fsp3) is 0.562. The van der Waals surface area contributed by atoms with Gasteiger partial charge in [-0.25, -0.2) is 0 Å². The Bertz CT molecular complexity index is 636. The van der Waals surface area contributed by atoms with E-state index in [1.807, 2.05) is 28.9 Å². The quantitative estimate of drug-likeness (QED) is 0.835. The van der Waals surface area contributed by atoms with Gasteiger partial charge in [-0.2, -0.15) is 4.68 Å². The molecule has 0 spiro atoms. The summed E-state index contributed by atoms with van der Waals surface area (Å²) in [6, 6.07) is 7.76.